The summed E-state index contributed by atoms with van der Waals surface area (Å²) in [5.74, 6) is 2.78. The Morgan fingerprint density at radius 3 is 2.86 bits per heavy atom. The molecule has 3 heteroatoms. The Bertz CT molecular complexity index is 587. The third-order valence-electron chi connectivity index (χ3n) is 3.34. The van der Waals surface area contributed by atoms with Crippen molar-refractivity contribution >= 4 is 0 Å². The van der Waals surface area contributed by atoms with Gasteiger partial charge in [0, 0.05) is 5.56 Å². The van der Waals surface area contributed by atoms with Gasteiger partial charge in [-0.2, -0.15) is 0 Å². The molecular formula is C18H23NO2. The van der Waals surface area contributed by atoms with Crippen molar-refractivity contribution in [2.45, 2.75) is 33.4 Å². The molecule has 2 rings (SSSR count). The zero-order valence-electron chi connectivity index (χ0n) is 12.8. The van der Waals surface area contributed by atoms with E-state index in [9.17, 15) is 0 Å². The van der Waals surface area contributed by atoms with E-state index in [1.54, 1.807) is 0 Å². The van der Waals surface area contributed by atoms with E-state index in [1.165, 1.54) is 0 Å². The standard InChI is InChI=1S/C18H23NO2/c1-4-8-15-9-6-7-10-18(15)20-13-16-11-17(12-19-5-2)21-14(16)3/h4,6-7,9-11,19H,1,5,8,12-13H2,2-3H3. The third kappa shape index (κ3) is 4.23. The Morgan fingerprint density at radius 1 is 1.29 bits per heavy atom. The minimum absolute atomic E-state index is 0.523. The van der Waals surface area contributed by atoms with Crippen LogP contribution < -0.4 is 10.1 Å². The maximum Gasteiger partial charge on any atom is 0.123 e. The zero-order valence-corrected chi connectivity index (χ0v) is 12.8. The smallest absolute Gasteiger partial charge is 0.123 e. The molecule has 0 saturated carbocycles. The first kappa shape index (κ1) is 15.4. The Kier molecular flexibility index (Phi) is 5.64. The fraction of sp³-hybridized carbons (Fsp3) is 0.333. The van der Waals surface area contributed by atoms with E-state index in [-0.39, 0.29) is 0 Å². The third-order valence-corrected chi connectivity index (χ3v) is 3.34. The lowest BCUT2D eigenvalue weighted by molar-refractivity contribution is 0.300. The van der Waals surface area contributed by atoms with Crippen molar-refractivity contribution in [1.29, 1.82) is 0 Å². The average Bonchev–Trinajstić information content (AvgIpc) is 2.85. The summed E-state index contributed by atoms with van der Waals surface area (Å²) in [5, 5.41) is 3.26. The van der Waals surface area contributed by atoms with Crippen LogP contribution in [0.5, 0.6) is 5.75 Å². The predicted octanol–water partition coefficient (Wildman–Crippen LogP) is 4.01. The summed E-state index contributed by atoms with van der Waals surface area (Å²) in [4.78, 5) is 0. The van der Waals surface area contributed by atoms with Crippen molar-refractivity contribution in [2.75, 3.05) is 6.54 Å². The number of ether oxygens (including phenoxy) is 1. The minimum Gasteiger partial charge on any atom is -0.488 e. The van der Waals surface area contributed by atoms with Gasteiger partial charge in [-0.3, -0.25) is 0 Å². The van der Waals surface area contributed by atoms with Gasteiger partial charge in [0.1, 0.15) is 23.9 Å². The summed E-state index contributed by atoms with van der Waals surface area (Å²) >= 11 is 0. The van der Waals surface area contributed by atoms with E-state index in [2.05, 4.69) is 31.0 Å². The van der Waals surface area contributed by atoms with Gasteiger partial charge < -0.3 is 14.5 Å². The molecule has 0 saturated heterocycles. The Balaban J connectivity index is 2.02. The molecule has 0 aliphatic rings. The van der Waals surface area contributed by atoms with Crippen LogP contribution in [-0.2, 0) is 19.6 Å². The van der Waals surface area contributed by atoms with Crippen LogP contribution in [-0.4, -0.2) is 6.54 Å². The van der Waals surface area contributed by atoms with Crippen LogP contribution in [0.25, 0.3) is 0 Å². The van der Waals surface area contributed by atoms with E-state index >= 15 is 0 Å². The van der Waals surface area contributed by atoms with Crippen LogP contribution >= 0.6 is 0 Å². The molecule has 0 radical (unpaired) electrons. The zero-order chi connectivity index (χ0) is 15.1. The first-order chi connectivity index (χ1) is 10.2. The molecule has 0 unspecified atom stereocenters. The number of hydrogen-bond acceptors (Lipinski definition) is 3. The van der Waals surface area contributed by atoms with Crippen molar-refractivity contribution in [1.82, 2.24) is 5.32 Å². The topological polar surface area (TPSA) is 34.4 Å². The van der Waals surface area contributed by atoms with Crippen LogP contribution in [0.3, 0.4) is 0 Å². The number of nitrogens with one attached hydrogen (secondary N) is 1. The fourth-order valence-corrected chi connectivity index (χ4v) is 2.19. The number of aryl methyl sites for hydroxylation is 1. The molecule has 0 aliphatic heterocycles. The maximum absolute atomic E-state index is 5.95. The number of benzene rings is 1. The largest absolute Gasteiger partial charge is 0.488 e. The van der Waals surface area contributed by atoms with Crippen LogP contribution in [0.2, 0.25) is 0 Å². The Hall–Kier alpha value is -2.00. The Labute approximate surface area is 126 Å². The van der Waals surface area contributed by atoms with Gasteiger partial charge in [0.2, 0.25) is 0 Å². The fourth-order valence-electron chi connectivity index (χ4n) is 2.19. The highest BCUT2D eigenvalue weighted by atomic mass is 16.5. The van der Waals surface area contributed by atoms with Gasteiger partial charge in [0.05, 0.1) is 6.54 Å². The molecule has 1 heterocycles. The highest BCUT2D eigenvalue weighted by molar-refractivity contribution is 5.35. The summed E-state index contributed by atoms with van der Waals surface area (Å²) < 4.78 is 11.7. The molecule has 1 N–H and O–H groups in total. The molecule has 1 aromatic carbocycles. The highest BCUT2D eigenvalue weighted by Crippen LogP contribution is 2.22. The molecule has 0 aliphatic carbocycles. The Morgan fingerprint density at radius 2 is 2.10 bits per heavy atom. The summed E-state index contributed by atoms with van der Waals surface area (Å²) in [7, 11) is 0. The first-order valence-electron chi connectivity index (χ1n) is 7.35. The van der Waals surface area contributed by atoms with Crippen molar-refractivity contribution in [3.63, 3.8) is 0 Å². The molecule has 0 amide bonds. The van der Waals surface area contributed by atoms with Gasteiger partial charge >= 0.3 is 0 Å². The molecular weight excluding hydrogens is 262 g/mol. The second-order valence-corrected chi connectivity index (χ2v) is 4.96. The summed E-state index contributed by atoms with van der Waals surface area (Å²) in [5.41, 5.74) is 2.25. The molecule has 1 aromatic heterocycles. The number of allylic oxidation sites excluding steroid dienone is 1. The number of rotatable bonds is 8. The lowest BCUT2D eigenvalue weighted by atomic mass is 10.1. The minimum atomic E-state index is 0.523. The van der Waals surface area contributed by atoms with Crippen LogP contribution in [0.1, 0.15) is 29.6 Å². The molecule has 0 fully saturated rings. The van der Waals surface area contributed by atoms with E-state index in [0.717, 1.165) is 47.9 Å². The van der Waals surface area contributed by atoms with E-state index < -0.39 is 0 Å². The van der Waals surface area contributed by atoms with E-state index in [4.69, 9.17) is 9.15 Å². The predicted molar refractivity (Wildman–Crippen MR) is 85.5 cm³/mol. The van der Waals surface area contributed by atoms with Gasteiger partial charge in [0.25, 0.3) is 0 Å². The van der Waals surface area contributed by atoms with Gasteiger partial charge in [-0.25, -0.2) is 0 Å². The van der Waals surface area contributed by atoms with Crippen LogP contribution in [0.4, 0.5) is 0 Å². The van der Waals surface area contributed by atoms with Gasteiger partial charge in [-0.1, -0.05) is 31.2 Å². The monoisotopic (exact) mass is 285 g/mol. The average molecular weight is 285 g/mol. The normalized spacial score (nSPS) is 10.6. The quantitative estimate of drug-likeness (QED) is 0.744. The molecule has 2 aromatic rings. The second-order valence-electron chi connectivity index (χ2n) is 4.96. The van der Waals surface area contributed by atoms with E-state index in [1.807, 2.05) is 31.2 Å². The SMILES string of the molecule is C=CCc1ccccc1OCc1cc(CNCC)oc1C. The number of furan rings is 1. The number of para-hydroxylation sites is 1. The van der Waals surface area contributed by atoms with Gasteiger partial charge in [-0.05, 0) is 37.6 Å². The summed E-state index contributed by atoms with van der Waals surface area (Å²) in [6.45, 7) is 10.0. The molecule has 112 valence electrons. The first-order valence-corrected chi connectivity index (χ1v) is 7.35. The van der Waals surface area contributed by atoms with E-state index in [0.29, 0.717) is 6.61 Å². The molecule has 0 bridgehead atoms. The van der Waals surface area contributed by atoms with Crippen LogP contribution in [0, 0.1) is 6.92 Å². The molecule has 21 heavy (non-hydrogen) atoms. The van der Waals surface area contributed by atoms with Crippen molar-refractivity contribution in [2.24, 2.45) is 0 Å². The highest BCUT2D eigenvalue weighted by Gasteiger charge is 2.09. The molecule has 0 atom stereocenters. The lowest BCUT2D eigenvalue weighted by Gasteiger charge is -2.09. The summed E-state index contributed by atoms with van der Waals surface area (Å²) in [6, 6.07) is 10.1. The summed E-state index contributed by atoms with van der Waals surface area (Å²) in [6.07, 6.45) is 2.70. The van der Waals surface area contributed by atoms with Gasteiger partial charge in [0.15, 0.2) is 0 Å². The lowest BCUT2D eigenvalue weighted by Crippen LogP contribution is -2.10. The van der Waals surface area contributed by atoms with Crippen molar-refractivity contribution < 1.29 is 9.15 Å². The van der Waals surface area contributed by atoms with Crippen molar-refractivity contribution in [3.05, 3.63) is 65.6 Å². The second kappa shape index (κ2) is 7.70. The van der Waals surface area contributed by atoms with Crippen molar-refractivity contribution in [3.8, 4) is 5.75 Å². The maximum atomic E-state index is 5.95. The molecule has 0 spiro atoms. The number of hydrogen-bond donors (Lipinski definition) is 1. The van der Waals surface area contributed by atoms with Crippen LogP contribution in [0.15, 0.2) is 47.4 Å². The van der Waals surface area contributed by atoms with Gasteiger partial charge in [-0.15, -0.1) is 6.58 Å². The molecule has 3 nitrogen and oxygen atoms in total.